The summed E-state index contributed by atoms with van der Waals surface area (Å²) in [6.45, 7) is 2.91. The monoisotopic (exact) mass is 493 g/mol. The van der Waals surface area contributed by atoms with Gasteiger partial charge >= 0.3 is 5.97 Å². The molecule has 2 amide bonds. The SMILES string of the molecule is CCOC(=O)CN1C(=O)C(CCSC)NC12CCN(C(=O)Cc1cc(OC)ccc1OC)CC2. The Hall–Kier alpha value is -2.46. The summed E-state index contributed by atoms with van der Waals surface area (Å²) in [4.78, 5) is 42.0. The van der Waals surface area contributed by atoms with Gasteiger partial charge in [0.25, 0.3) is 0 Å². The standard InChI is InChI=1S/C24H35N3O6S/c1-5-33-22(29)16-27-23(30)19(8-13-34-4)25-24(27)9-11-26(12-10-24)21(28)15-17-14-18(31-2)6-7-20(17)32-3/h6-7,14,19,25H,5,8-13,15-16H2,1-4H3. The van der Waals surface area contributed by atoms with E-state index in [4.69, 9.17) is 14.2 Å². The molecular weight excluding hydrogens is 458 g/mol. The Bertz CT molecular complexity index is 887. The molecule has 1 spiro atoms. The first kappa shape index (κ1) is 26.2. The summed E-state index contributed by atoms with van der Waals surface area (Å²) in [6.07, 6.45) is 4.00. The maximum Gasteiger partial charge on any atom is 0.325 e. The van der Waals surface area contributed by atoms with Crippen molar-refractivity contribution in [2.75, 3.05) is 52.5 Å². The number of esters is 1. The molecule has 1 N–H and O–H groups in total. The Kier molecular flexibility index (Phi) is 9.07. The average Bonchev–Trinajstić information content (AvgIpc) is 3.08. The second-order valence-corrected chi connectivity index (χ2v) is 9.46. The van der Waals surface area contributed by atoms with Crippen molar-refractivity contribution >= 4 is 29.5 Å². The van der Waals surface area contributed by atoms with Crippen LogP contribution in [0.2, 0.25) is 0 Å². The molecule has 1 aromatic carbocycles. The number of nitrogens with zero attached hydrogens (tertiary/aromatic N) is 2. The van der Waals surface area contributed by atoms with E-state index in [-0.39, 0.29) is 37.4 Å². The highest BCUT2D eigenvalue weighted by Gasteiger charge is 2.52. The predicted octanol–water partition coefficient (Wildman–Crippen LogP) is 1.68. The van der Waals surface area contributed by atoms with Gasteiger partial charge in [-0.2, -0.15) is 11.8 Å². The molecule has 2 heterocycles. The van der Waals surface area contributed by atoms with Crippen LogP contribution in [0.4, 0.5) is 0 Å². The minimum atomic E-state index is -0.642. The number of ether oxygens (including phenoxy) is 3. The van der Waals surface area contributed by atoms with Crippen molar-refractivity contribution in [2.45, 2.75) is 44.3 Å². The maximum atomic E-state index is 13.2. The van der Waals surface area contributed by atoms with Crippen LogP contribution in [-0.4, -0.2) is 91.8 Å². The molecule has 2 saturated heterocycles. The quantitative estimate of drug-likeness (QED) is 0.492. The van der Waals surface area contributed by atoms with Crippen LogP contribution in [0.5, 0.6) is 11.5 Å². The first-order chi connectivity index (χ1) is 16.4. The zero-order valence-electron chi connectivity index (χ0n) is 20.4. The number of benzene rings is 1. The van der Waals surface area contributed by atoms with E-state index in [2.05, 4.69) is 5.32 Å². The minimum Gasteiger partial charge on any atom is -0.497 e. The number of amides is 2. The summed E-state index contributed by atoms with van der Waals surface area (Å²) < 4.78 is 15.8. The number of rotatable bonds is 10. The lowest BCUT2D eigenvalue weighted by atomic mass is 9.95. The number of methoxy groups -OCH3 is 2. The molecule has 1 aromatic rings. The summed E-state index contributed by atoms with van der Waals surface area (Å²) >= 11 is 1.69. The molecular formula is C24H35N3O6S. The van der Waals surface area contributed by atoms with Crippen LogP contribution in [0.15, 0.2) is 18.2 Å². The summed E-state index contributed by atoms with van der Waals surface area (Å²) in [5, 5.41) is 3.51. The van der Waals surface area contributed by atoms with Crippen molar-refractivity contribution in [2.24, 2.45) is 0 Å². The van der Waals surface area contributed by atoms with Gasteiger partial charge in [-0.15, -0.1) is 0 Å². The van der Waals surface area contributed by atoms with Crippen LogP contribution >= 0.6 is 11.8 Å². The Morgan fingerprint density at radius 1 is 1.21 bits per heavy atom. The lowest BCUT2D eigenvalue weighted by Crippen LogP contribution is -2.60. The number of piperidine rings is 1. The maximum absolute atomic E-state index is 13.2. The smallest absolute Gasteiger partial charge is 0.325 e. The molecule has 1 atom stereocenters. The largest absolute Gasteiger partial charge is 0.497 e. The van der Waals surface area contributed by atoms with Crippen molar-refractivity contribution in [3.63, 3.8) is 0 Å². The third kappa shape index (κ3) is 5.78. The summed E-state index contributed by atoms with van der Waals surface area (Å²) in [5.41, 5.74) is 0.125. The van der Waals surface area contributed by atoms with Crippen molar-refractivity contribution in [3.8, 4) is 11.5 Å². The highest BCUT2D eigenvalue weighted by Crippen LogP contribution is 2.34. The predicted molar refractivity (Wildman–Crippen MR) is 130 cm³/mol. The van der Waals surface area contributed by atoms with E-state index in [1.165, 1.54) is 0 Å². The fraction of sp³-hybridized carbons (Fsp3) is 0.625. The second-order valence-electron chi connectivity index (χ2n) is 8.47. The molecule has 188 valence electrons. The molecule has 0 bridgehead atoms. The molecule has 34 heavy (non-hydrogen) atoms. The Balaban J connectivity index is 1.70. The van der Waals surface area contributed by atoms with Crippen molar-refractivity contribution in [1.82, 2.24) is 15.1 Å². The van der Waals surface area contributed by atoms with E-state index in [0.29, 0.717) is 43.9 Å². The van der Waals surface area contributed by atoms with E-state index < -0.39 is 11.6 Å². The number of nitrogens with one attached hydrogen (secondary N) is 1. The van der Waals surface area contributed by atoms with Gasteiger partial charge in [0.1, 0.15) is 18.0 Å². The third-order valence-corrected chi connectivity index (χ3v) is 7.14. The number of carbonyl (C=O) groups excluding carboxylic acids is 3. The van der Waals surface area contributed by atoms with Crippen molar-refractivity contribution in [3.05, 3.63) is 23.8 Å². The molecule has 9 nitrogen and oxygen atoms in total. The Morgan fingerprint density at radius 2 is 1.94 bits per heavy atom. The highest BCUT2D eigenvalue weighted by molar-refractivity contribution is 7.98. The molecule has 2 fully saturated rings. The number of likely N-dealkylation sites (tertiary alicyclic amines) is 1. The first-order valence-electron chi connectivity index (χ1n) is 11.6. The van der Waals surface area contributed by atoms with Gasteiger partial charge in [-0.05, 0) is 43.6 Å². The number of hydrogen-bond donors (Lipinski definition) is 1. The number of carbonyl (C=O) groups is 3. The molecule has 0 aliphatic carbocycles. The van der Waals surface area contributed by atoms with Crippen LogP contribution in [0, 0.1) is 0 Å². The van der Waals surface area contributed by atoms with E-state index in [1.54, 1.807) is 49.9 Å². The molecule has 10 heteroatoms. The summed E-state index contributed by atoms with van der Waals surface area (Å²) in [6, 6.07) is 5.08. The first-order valence-corrected chi connectivity index (χ1v) is 13.0. The Labute approximate surface area is 205 Å². The van der Waals surface area contributed by atoms with Crippen LogP contribution in [0.25, 0.3) is 0 Å². The normalized spacial score (nSPS) is 19.4. The van der Waals surface area contributed by atoms with E-state index in [0.717, 1.165) is 11.3 Å². The highest BCUT2D eigenvalue weighted by atomic mass is 32.2. The fourth-order valence-corrected chi connectivity index (χ4v) is 5.17. The second kappa shape index (κ2) is 11.8. The Morgan fingerprint density at radius 3 is 2.56 bits per heavy atom. The summed E-state index contributed by atoms with van der Waals surface area (Å²) in [5.74, 6) is 1.67. The zero-order valence-corrected chi connectivity index (χ0v) is 21.2. The van der Waals surface area contributed by atoms with Gasteiger partial charge in [0.2, 0.25) is 11.8 Å². The van der Waals surface area contributed by atoms with E-state index in [1.807, 2.05) is 17.2 Å². The average molecular weight is 494 g/mol. The van der Waals surface area contributed by atoms with Crippen LogP contribution < -0.4 is 14.8 Å². The fourth-order valence-electron chi connectivity index (χ4n) is 4.69. The lowest BCUT2D eigenvalue weighted by molar-refractivity contribution is -0.152. The van der Waals surface area contributed by atoms with Gasteiger partial charge in [-0.3, -0.25) is 19.7 Å². The van der Waals surface area contributed by atoms with Crippen molar-refractivity contribution in [1.29, 1.82) is 0 Å². The van der Waals surface area contributed by atoms with Gasteiger partial charge in [0.15, 0.2) is 0 Å². The lowest BCUT2D eigenvalue weighted by Gasteiger charge is -2.44. The zero-order chi connectivity index (χ0) is 24.7. The van der Waals surface area contributed by atoms with Gasteiger partial charge in [0, 0.05) is 31.5 Å². The molecule has 2 aliphatic heterocycles. The molecule has 2 aliphatic rings. The molecule has 0 radical (unpaired) electrons. The molecule has 0 saturated carbocycles. The van der Waals surface area contributed by atoms with Gasteiger partial charge in [-0.1, -0.05) is 0 Å². The summed E-state index contributed by atoms with van der Waals surface area (Å²) in [7, 11) is 3.16. The van der Waals surface area contributed by atoms with E-state index in [9.17, 15) is 14.4 Å². The number of hydrogen-bond acceptors (Lipinski definition) is 8. The van der Waals surface area contributed by atoms with Crippen LogP contribution in [0.3, 0.4) is 0 Å². The van der Waals surface area contributed by atoms with Crippen LogP contribution in [0.1, 0.15) is 31.7 Å². The molecule has 0 aromatic heterocycles. The topological polar surface area (TPSA) is 97.4 Å². The van der Waals surface area contributed by atoms with E-state index >= 15 is 0 Å². The van der Waals surface area contributed by atoms with Gasteiger partial charge in [0.05, 0.1) is 39.0 Å². The van der Waals surface area contributed by atoms with Gasteiger partial charge < -0.3 is 24.0 Å². The van der Waals surface area contributed by atoms with Crippen molar-refractivity contribution < 1.29 is 28.6 Å². The van der Waals surface area contributed by atoms with Crippen LogP contribution in [-0.2, 0) is 25.5 Å². The molecule has 1 unspecified atom stereocenters. The number of thioether (sulfide) groups is 1. The minimum absolute atomic E-state index is 0.0124. The third-order valence-electron chi connectivity index (χ3n) is 6.50. The van der Waals surface area contributed by atoms with Gasteiger partial charge in [-0.25, -0.2) is 0 Å². The molecule has 3 rings (SSSR count).